The molecule has 1 aromatic carbocycles. The first kappa shape index (κ1) is 21.2. The summed E-state index contributed by atoms with van der Waals surface area (Å²) >= 11 is 0. The molecule has 1 aliphatic rings. The molecule has 0 atom stereocenters. The predicted octanol–water partition coefficient (Wildman–Crippen LogP) is 3.45. The van der Waals surface area contributed by atoms with Gasteiger partial charge in [-0.1, -0.05) is 31.0 Å². The highest BCUT2D eigenvalue weighted by molar-refractivity contribution is 7.97. The summed E-state index contributed by atoms with van der Waals surface area (Å²) in [5.74, 6) is 4.09. The van der Waals surface area contributed by atoms with E-state index in [1.165, 1.54) is 42.9 Å². The minimum absolute atomic E-state index is 0.178. The molecule has 2 rings (SSSR count). The number of Topliss-reactive ketones (excluding diaryl/α,β-unsaturated/α-hetero) is 1. The molecule has 0 bridgehead atoms. The Kier molecular flexibility index (Phi) is 9.63. The maximum Gasteiger partial charge on any atom is 0.181 e. The van der Waals surface area contributed by atoms with E-state index < -0.39 is 10.1 Å². The zero-order valence-electron chi connectivity index (χ0n) is 14.6. The Balaban J connectivity index is 0.000000243. The molecule has 1 heterocycles. The summed E-state index contributed by atoms with van der Waals surface area (Å²) in [7, 11) is -3.80. The van der Waals surface area contributed by atoms with Crippen molar-refractivity contribution in [2.75, 3.05) is 17.3 Å². The van der Waals surface area contributed by atoms with Gasteiger partial charge < -0.3 is 4.55 Å². The van der Waals surface area contributed by atoms with E-state index >= 15 is 0 Å². The summed E-state index contributed by atoms with van der Waals surface area (Å²) < 4.78 is 31.2. The Bertz CT molecular complexity index is 588. The Morgan fingerprint density at radius 1 is 1.12 bits per heavy atom. The number of benzene rings is 1. The van der Waals surface area contributed by atoms with Gasteiger partial charge in [-0.3, -0.25) is 4.79 Å². The zero-order valence-corrected chi connectivity index (χ0v) is 16.3. The van der Waals surface area contributed by atoms with Crippen LogP contribution in [0.3, 0.4) is 0 Å². The van der Waals surface area contributed by atoms with Crippen molar-refractivity contribution in [2.24, 2.45) is 0 Å². The molecule has 1 fully saturated rings. The highest BCUT2D eigenvalue weighted by Crippen LogP contribution is 2.14. The first-order valence-electron chi connectivity index (χ1n) is 8.51. The number of carbonyl (C=O) groups excluding carboxylic acids is 1. The molecule has 0 aromatic heterocycles. The molecule has 4 nitrogen and oxygen atoms in total. The van der Waals surface area contributed by atoms with Gasteiger partial charge in [0.15, 0.2) is 11.5 Å². The molecule has 0 unspecified atom stereocenters. The van der Waals surface area contributed by atoms with Crippen molar-refractivity contribution in [1.82, 2.24) is 0 Å². The highest BCUT2D eigenvalue weighted by Gasteiger charge is 2.24. The molecule has 0 N–H and O–H groups in total. The van der Waals surface area contributed by atoms with Gasteiger partial charge >= 0.3 is 0 Å². The summed E-state index contributed by atoms with van der Waals surface area (Å²) in [5, 5.41) is 0. The SMILES string of the molecule is CCCCC(=O)C[S+]1CCCCC1.Cc1ccc(S(=O)(=O)[O-])cc1. The van der Waals surface area contributed by atoms with Gasteiger partial charge in [0.25, 0.3) is 0 Å². The van der Waals surface area contributed by atoms with Crippen molar-refractivity contribution in [3.05, 3.63) is 29.8 Å². The number of rotatable bonds is 6. The van der Waals surface area contributed by atoms with Crippen LogP contribution in [0.4, 0.5) is 0 Å². The van der Waals surface area contributed by atoms with Crippen LogP contribution in [0.15, 0.2) is 29.2 Å². The lowest BCUT2D eigenvalue weighted by molar-refractivity contribution is -0.116. The van der Waals surface area contributed by atoms with E-state index in [0.29, 0.717) is 16.7 Å². The van der Waals surface area contributed by atoms with Gasteiger partial charge in [0, 0.05) is 6.42 Å². The Hall–Kier alpha value is -0.850. The van der Waals surface area contributed by atoms with Gasteiger partial charge in [-0.25, -0.2) is 8.42 Å². The molecule has 1 aliphatic heterocycles. The van der Waals surface area contributed by atoms with Gasteiger partial charge in [-0.15, -0.1) is 0 Å². The van der Waals surface area contributed by atoms with Gasteiger partial charge in [0.1, 0.15) is 21.6 Å². The van der Waals surface area contributed by atoms with Crippen molar-refractivity contribution in [2.45, 2.75) is 57.3 Å². The number of aryl methyl sites for hydroxylation is 1. The molecular weight excluding hydrogens is 344 g/mol. The summed E-state index contributed by atoms with van der Waals surface area (Å²) in [6, 6.07) is 5.78. The first-order valence-corrected chi connectivity index (χ1v) is 11.7. The van der Waals surface area contributed by atoms with Crippen molar-refractivity contribution in [1.29, 1.82) is 0 Å². The highest BCUT2D eigenvalue weighted by atomic mass is 32.2. The Labute approximate surface area is 149 Å². The molecular formula is C18H28O4S2. The molecule has 0 radical (unpaired) electrons. The van der Waals surface area contributed by atoms with Crippen molar-refractivity contribution >= 4 is 26.8 Å². The van der Waals surface area contributed by atoms with Crippen LogP contribution < -0.4 is 0 Å². The standard InChI is InChI=1S/C11H21OS.C7H8O3S/c1-2-3-7-11(12)10-13-8-5-4-6-9-13;1-6-2-4-7(5-3-6)11(8,9)10/h2-10H2,1H3;2-5H,1H3,(H,8,9,10)/q+1;/p-1. The molecule has 136 valence electrons. The summed E-state index contributed by atoms with van der Waals surface area (Å²) in [6.07, 6.45) is 7.20. The second kappa shape index (κ2) is 10.9. The normalized spacial score (nSPS) is 15.5. The zero-order chi connectivity index (χ0) is 18.0. The van der Waals surface area contributed by atoms with Crippen molar-refractivity contribution < 1.29 is 17.8 Å². The van der Waals surface area contributed by atoms with Crippen LogP contribution in [-0.2, 0) is 25.8 Å². The fourth-order valence-corrected chi connectivity index (χ4v) is 5.20. The monoisotopic (exact) mass is 372 g/mol. The van der Waals surface area contributed by atoms with E-state index in [0.717, 1.165) is 30.6 Å². The summed E-state index contributed by atoms with van der Waals surface area (Å²) in [5.41, 5.74) is 0.928. The van der Waals surface area contributed by atoms with Crippen LogP contribution in [0.1, 0.15) is 51.0 Å². The molecule has 0 aliphatic carbocycles. The maximum atomic E-state index is 11.5. The molecule has 24 heavy (non-hydrogen) atoms. The second-order valence-electron chi connectivity index (χ2n) is 6.14. The van der Waals surface area contributed by atoms with E-state index in [2.05, 4.69) is 6.92 Å². The van der Waals surface area contributed by atoms with Crippen LogP contribution in [0.5, 0.6) is 0 Å². The third kappa shape index (κ3) is 8.85. The van der Waals surface area contributed by atoms with Gasteiger partial charge in [0.05, 0.1) is 4.90 Å². The molecule has 6 heteroatoms. The smallest absolute Gasteiger partial charge is 0.181 e. The largest absolute Gasteiger partial charge is 0.744 e. The summed E-state index contributed by atoms with van der Waals surface area (Å²) in [6.45, 7) is 3.97. The van der Waals surface area contributed by atoms with Crippen LogP contribution in [0.2, 0.25) is 0 Å². The number of hydrogen-bond acceptors (Lipinski definition) is 4. The van der Waals surface area contributed by atoms with Crippen LogP contribution in [0.25, 0.3) is 0 Å². The lowest BCUT2D eigenvalue weighted by Crippen LogP contribution is -2.25. The van der Waals surface area contributed by atoms with E-state index in [1.54, 1.807) is 12.1 Å². The molecule has 0 amide bonds. The van der Waals surface area contributed by atoms with Crippen LogP contribution >= 0.6 is 0 Å². The number of carbonyl (C=O) groups is 1. The van der Waals surface area contributed by atoms with E-state index in [1.807, 2.05) is 6.92 Å². The third-order valence-corrected chi connectivity index (χ3v) is 7.16. The topological polar surface area (TPSA) is 74.3 Å². The fourth-order valence-electron chi connectivity index (χ4n) is 2.41. The van der Waals surface area contributed by atoms with Gasteiger partial charge in [-0.05, 0) is 55.6 Å². The van der Waals surface area contributed by atoms with Crippen LogP contribution in [0, 0.1) is 6.92 Å². The fraction of sp³-hybridized carbons (Fsp3) is 0.611. The molecule has 0 saturated carbocycles. The quantitative estimate of drug-likeness (QED) is 0.566. The Morgan fingerprint density at radius 2 is 1.71 bits per heavy atom. The van der Waals surface area contributed by atoms with E-state index in [4.69, 9.17) is 0 Å². The van der Waals surface area contributed by atoms with Gasteiger partial charge in [0.2, 0.25) is 0 Å². The minimum Gasteiger partial charge on any atom is -0.744 e. The van der Waals surface area contributed by atoms with Gasteiger partial charge in [-0.2, -0.15) is 0 Å². The average Bonchev–Trinajstić information content (AvgIpc) is 2.54. The molecule has 0 spiro atoms. The average molecular weight is 373 g/mol. The number of ketones is 1. The van der Waals surface area contributed by atoms with E-state index in [9.17, 15) is 17.8 Å². The third-order valence-electron chi connectivity index (χ3n) is 3.85. The van der Waals surface area contributed by atoms with Crippen molar-refractivity contribution in [3.63, 3.8) is 0 Å². The Morgan fingerprint density at radius 3 is 2.21 bits per heavy atom. The molecule has 1 saturated heterocycles. The number of unbranched alkanes of at least 4 members (excludes halogenated alkanes) is 1. The second-order valence-corrected chi connectivity index (χ2v) is 9.84. The minimum atomic E-state index is -4.27. The van der Waals surface area contributed by atoms with Crippen molar-refractivity contribution in [3.8, 4) is 0 Å². The van der Waals surface area contributed by atoms with E-state index in [-0.39, 0.29) is 4.90 Å². The van der Waals surface area contributed by atoms with Crippen LogP contribution in [-0.4, -0.2) is 36.0 Å². The maximum absolute atomic E-state index is 11.5. The molecule has 1 aromatic rings. The summed E-state index contributed by atoms with van der Waals surface area (Å²) in [4.78, 5) is 11.3. The number of hydrogen-bond donors (Lipinski definition) is 0. The lowest BCUT2D eigenvalue weighted by atomic mass is 10.2. The predicted molar refractivity (Wildman–Crippen MR) is 99.5 cm³/mol. The lowest BCUT2D eigenvalue weighted by Gasteiger charge is -2.12. The first-order chi connectivity index (χ1) is 11.3.